The highest BCUT2D eigenvalue weighted by molar-refractivity contribution is 7.19. The van der Waals surface area contributed by atoms with E-state index in [-0.39, 0.29) is 5.56 Å². The summed E-state index contributed by atoms with van der Waals surface area (Å²) in [7, 11) is 0. The predicted molar refractivity (Wildman–Crippen MR) is 108 cm³/mol. The van der Waals surface area contributed by atoms with Gasteiger partial charge < -0.3 is 5.11 Å². The zero-order valence-corrected chi connectivity index (χ0v) is 16.4. The van der Waals surface area contributed by atoms with Crippen molar-refractivity contribution in [1.29, 1.82) is 0 Å². The van der Waals surface area contributed by atoms with Gasteiger partial charge in [-0.2, -0.15) is 13.2 Å². The van der Waals surface area contributed by atoms with Crippen molar-refractivity contribution in [2.75, 3.05) is 0 Å². The summed E-state index contributed by atoms with van der Waals surface area (Å²) in [5.74, 6) is 0. The summed E-state index contributed by atoms with van der Waals surface area (Å²) in [6, 6.07) is 13.6. The first-order valence-corrected chi connectivity index (χ1v) is 9.84. The van der Waals surface area contributed by atoms with Crippen LogP contribution in [0.15, 0.2) is 60.9 Å². The molecule has 1 unspecified atom stereocenters. The minimum absolute atomic E-state index is 0.239. The van der Waals surface area contributed by atoms with E-state index in [0.29, 0.717) is 22.7 Å². The maximum Gasteiger partial charge on any atom is 0.418 e. The molecule has 3 nitrogen and oxygen atoms in total. The Hall–Kier alpha value is -2.48. The molecule has 3 aromatic heterocycles. The van der Waals surface area contributed by atoms with E-state index in [2.05, 4.69) is 9.97 Å². The normalized spacial score (nSPS) is 13.0. The first-order chi connectivity index (χ1) is 13.8. The van der Waals surface area contributed by atoms with Crippen LogP contribution in [0.25, 0.3) is 21.3 Å². The molecule has 0 amide bonds. The molecule has 0 saturated heterocycles. The zero-order chi connectivity index (χ0) is 20.6. The van der Waals surface area contributed by atoms with Crippen LogP contribution in [0, 0.1) is 0 Å². The Kier molecular flexibility index (Phi) is 5.29. The number of pyridine rings is 2. The third-order valence-electron chi connectivity index (χ3n) is 4.46. The second-order valence-corrected chi connectivity index (χ2v) is 8.01. The van der Waals surface area contributed by atoms with Gasteiger partial charge in [-0.25, -0.2) is 0 Å². The number of alkyl halides is 3. The van der Waals surface area contributed by atoms with Crippen LogP contribution >= 0.6 is 22.9 Å². The number of thiophene rings is 1. The lowest BCUT2D eigenvalue weighted by Crippen LogP contribution is -2.20. The number of hydrogen-bond acceptors (Lipinski definition) is 4. The predicted octanol–water partition coefficient (Wildman–Crippen LogP) is 6.20. The lowest BCUT2D eigenvalue weighted by molar-refractivity contribution is -0.206. The highest BCUT2D eigenvalue weighted by atomic mass is 35.5. The topological polar surface area (TPSA) is 46.0 Å². The highest BCUT2D eigenvalue weighted by Gasteiger charge is 2.39. The van der Waals surface area contributed by atoms with Crippen LogP contribution in [-0.4, -0.2) is 21.3 Å². The molecule has 0 aliphatic carbocycles. The van der Waals surface area contributed by atoms with Gasteiger partial charge in [0.05, 0.1) is 16.4 Å². The SMILES string of the molecule is OC(c1ccnc(-c2cccc3cc(Cc4ncccc4Cl)sc23)c1)C(F)(F)F. The number of halogens is 4. The molecule has 4 rings (SSSR count). The van der Waals surface area contributed by atoms with Gasteiger partial charge in [-0.15, -0.1) is 11.3 Å². The third-order valence-corrected chi connectivity index (χ3v) is 5.99. The zero-order valence-electron chi connectivity index (χ0n) is 14.8. The summed E-state index contributed by atoms with van der Waals surface area (Å²) >= 11 is 7.72. The Balaban J connectivity index is 1.74. The van der Waals surface area contributed by atoms with Crippen molar-refractivity contribution in [1.82, 2.24) is 9.97 Å². The van der Waals surface area contributed by atoms with Gasteiger partial charge in [-0.05, 0) is 41.3 Å². The number of aromatic nitrogens is 2. The molecule has 4 aromatic rings. The van der Waals surface area contributed by atoms with Gasteiger partial charge in [0.1, 0.15) is 0 Å². The Labute approximate surface area is 173 Å². The van der Waals surface area contributed by atoms with Gasteiger partial charge in [0.15, 0.2) is 6.10 Å². The third kappa shape index (κ3) is 4.12. The molecule has 1 N–H and O–H groups in total. The molecule has 0 aliphatic heterocycles. The molecule has 1 aromatic carbocycles. The number of rotatable bonds is 4. The molecule has 0 aliphatic rings. The van der Waals surface area contributed by atoms with Crippen molar-refractivity contribution in [2.24, 2.45) is 0 Å². The number of nitrogens with zero attached hydrogens (tertiary/aromatic N) is 2. The van der Waals surface area contributed by atoms with Gasteiger partial charge in [-0.1, -0.05) is 29.8 Å². The van der Waals surface area contributed by atoms with Crippen LogP contribution < -0.4 is 0 Å². The van der Waals surface area contributed by atoms with Gasteiger partial charge in [0, 0.05) is 34.0 Å². The van der Waals surface area contributed by atoms with Crippen LogP contribution in [-0.2, 0) is 6.42 Å². The molecular formula is C21H14ClF3N2OS. The number of hydrogen-bond donors (Lipinski definition) is 1. The first-order valence-electron chi connectivity index (χ1n) is 8.65. The molecule has 0 saturated carbocycles. The summed E-state index contributed by atoms with van der Waals surface area (Å²) < 4.78 is 39.5. The Morgan fingerprint density at radius 2 is 1.86 bits per heavy atom. The van der Waals surface area contributed by atoms with Crippen molar-refractivity contribution in [3.63, 3.8) is 0 Å². The Morgan fingerprint density at radius 3 is 2.62 bits per heavy atom. The van der Waals surface area contributed by atoms with Crippen LogP contribution in [0.3, 0.4) is 0 Å². The number of fused-ring (bicyclic) bond motifs is 1. The summed E-state index contributed by atoms with van der Waals surface area (Å²) in [5.41, 5.74) is 1.61. The van der Waals surface area contributed by atoms with E-state index < -0.39 is 12.3 Å². The Morgan fingerprint density at radius 1 is 1.03 bits per heavy atom. The minimum atomic E-state index is -4.73. The van der Waals surface area contributed by atoms with Crippen molar-refractivity contribution >= 4 is 33.0 Å². The smallest absolute Gasteiger partial charge is 0.379 e. The van der Waals surface area contributed by atoms with E-state index in [4.69, 9.17) is 11.6 Å². The maximum absolute atomic E-state index is 12.9. The lowest BCUT2D eigenvalue weighted by atomic mass is 10.0. The van der Waals surface area contributed by atoms with Gasteiger partial charge in [0.25, 0.3) is 0 Å². The van der Waals surface area contributed by atoms with Crippen molar-refractivity contribution < 1.29 is 18.3 Å². The molecular weight excluding hydrogens is 421 g/mol. The van der Waals surface area contributed by atoms with E-state index in [1.807, 2.05) is 24.3 Å². The number of aliphatic hydroxyl groups is 1. The fourth-order valence-electron chi connectivity index (χ4n) is 3.07. The molecule has 0 spiro atoms. The first kappa shape index (κ1) is 19.8. The molecule has 0 radical (unpaired) electrons. The average Bonchev–Trinajstić information content (AvgIpc) is 3.11. The quantitative estimate of drug-likeness (QED) is 0.416. The molecule has 0 bridgehead atoms. The van der Waals surface area contributed by atoms with Crippen LogP contribution in [0.4, 0.5) is 13.2 Å². The van der Waals surface area contributed by atoms with Crippen molar-refractivity contribution in [3.8, 4) is 11.3 Å². The van der Waals surface area contributed by atoms with E-state index in [1.54, 1.807) is 18.3 Å². The fraction of sp³-hybridized carbons (Fsp3) is 0.143. The molecule has 3 heterocycles. The molecule has 1 atom stereocenters. The van der Waals surface area contributed by atoms with Crippen LogP contribution in [0.1, 0.15) is 22.2 Å². The summed E-state index contributed by atoms with van der Waals surface area (Å²) in [5, 5.41) is 11.1. The van der Waals surface area contributed by atoms with Gasteiger partial charge >= 0.3 is 6.18 Å². The summed E-state index contributed by atoms with van der Waals surface area (Å²) in [6.45, 7) is 0. The average molecular weight is 435 g/mol. The standard InChI is InChI=1S/C21H14ClF3N2OS/c22-16-5-2-7-26-18(16)11-14-9-12-3-1-4-15(19(12)29-14)17-10-13(6-8-27-17)20(28)21(23,24)25/h1-10,20,28H,11H2. The molecule has 29 heavy (non-hydrogen) atoms. The van der Waals surface area contributed by atoms with Gasteiger partial charge in [0.2, 0.25) is 0 Å². The van der Waals surface area contributed by atoms with Gasteiger partial charge in [-0.3, -0.25) is 9.97 Å². The molecule has 0 fully saturated rings. The van der Waals surface area contributed by atoms with E-state index in [9.17, 15) is 18.3 Å². The van der Waals surface area contributed by atoms with Crippen LogP contribution in [0.2, 0.25) is 5.02 Å². The molecule has 8 heteroatoms. The van der Waals surface area contributed by atoms with E-state index in [0.717, 1.165) is 20.7 Å². The van der Waals surface area contributed by atoms with Crippen LogP contribution in [0.5, 0.6) is 0 Å². The highest BCUT2D eigenvalue weighted by Crippen LogP contribution is 2.37. The second kappa shape index (κ2) is 7.74. The maximum atomic E-state index is 12.9. The van der Waals surface area contributed by atoms with Crippen molar-refractivity contribution in [3.05, 3.63) is 82.1 Å². The van der Waals surface area contributed by atoms with E-state index >= 15 is 0 Å². The fourth-order valence-corrected chi connectivity index (χ4v) is 4.44. The molecule has 148 valence electrons. The second-order valence-electron chi connectivity index (χ2n) is 6.46. The lowest BCUT2D eigenvalue weighted by Gasteiger charge is -2.15. The largest absolute Gasteiger partial charge is 0.418 e. The summed E-state index contributed by atoms with van der Waals surface area (Å²) in [6.07, 6.45) is -3.77. The monoisotopic (exact) mass is 434 g/mol. The number of benzene rings is 1. The van der Waals surface area contributed by atoms with Crippen molar-refractivity contribution in [2.45, 2.75) is 18.7 Å². The Bertz CT molecular complexity index is 1180. The van der Waals surface area contributed by atoms with E-state index in [1.165, 1.54) is 29.7 Å². The summed E-state index contributed by atoms with van der Waals surface area (Å²) in [4.78, 5) is 9.56. The minimum Gasteiger partial charge on any atom is -0.379 e. The number of aliphatic hydroxyl groups excluding tert-OH is 1.